The average molecular weight is 379 g/mol. The van der Waals surface area contributed by atoms with Crippen LogP contribution in [0, 0.1) is 11.6 Å². The monoisotopic (exact) mass is 379 g/mol. The Balaban J connectivity index is 1.97. The lowest BCUT2D eigenvalue weighted by molar-refractivity contribution is -0.0965. The molecule has 27 heavy (non-hydrogen) atoms. The summed E-state index contributed by atoms with van der Waals surface area (Å²) >= 11 is 0. The topological polar surface area (TPSA) is 51.2 Å². The molecule has 1 aliphatic rings. The van der Waals surface area contributed by atoms with Crippen molar-refractivity contribution >= 4 is 0 Å². The summed E-state index contributed by atoms with van der Waals surface area (Å²) in [6, 6.07) is 8.85. The summed E-state index contributed by atoms with van der Waals surface area (Å²) in [5.41, 5.74) is 0.810. The van der Waals surface area contributed by atoms with Crippen LogP contribution in [0.2, 0.25) is 0 Å². The largest absolute Gasteiger partial charge is 0.493 e. The summed E-state index contributed by atoms with van der Waals surface area (Å²) in [4.78, 5) is 1.91. The van der Waals surface area contributed by atoms with Gasteiger partial charge in [-0.15, -0.1) is 0 Å². The van der Waals surface area contributed by atoms with Crippen LogP contribution >= 0.6 is 0 Å². The molecule has 0 radical (unpaired) electrons. The standard InChI is InChI=1S/C20H23F2NO4/c1-25-17-7-6-13(10-18(17)26-2)20-19(12-24)27-9-8-23(20)11-14-15(21)4-3-5-16(14)22/h3-7,10,19-20,24H,8-9,11-12H2,1-2H3. The first-order valence-corrected chi connectivity index (χ1v) is 8.70. The Morgan fingerprint density at radius 2 is 1.81 bits per heavy atom. The van der Waals surface area contributed by atoms with Gasteiger partial charge < -0.3 is 19.3 Å². The van der Waals surface area contributed by atoms with Crippen molar-refractivity contribution in [2.24, 2.45) is 0 Å². The average Bonchev–Trinajstić information content (AvgIpc) is 2.70. The number of nitrogens with zero attached hydrogens (tertiary/aromatic N) is 1. The molecule has 0 aromatic heterocycles. The molecule has 0 aliphatic carbocycles. The van der Waals surface area contributed by atoms with E-state index in [1.54, 1.807) is 19.2 Å². The van der Waals surface area contributed by atoms with Crippen molar-refractivity contribution in [1.82, 2.24) is 4.90 Å². The van der Waals surface area contributed by atoms with Crippen LogP contribution < -0.4 is 9.47 Å². The first kappa shape index (κ1) is 19.5. The van der Waals surface area contributed by atoms with Crippen LogP contribution in [0.15, 0.2) is 36.4 Å². The zero-order valence-corrected chi connectivity index (χ0v) is 15.3. The van der Waals surface area contributed by atoms with Crippen molar-refractivity contribution in [3.05, 3.63) is 59.2 Å². The normalized spacial score (nSPS) is 20.5. The molecule has 2 unspecified atom stereocenters. The molecule has 2 atom stereocenters. The molecule has 3 rings (SSSR count). The van der Waals surface area contributed by atoms with Crippen LogP contribution in [0.3, 0.4) is 0 Å². The second-order valence-corrected chi connectivity index (χ2v) is 6.32. The Morgan fingerprint density at radius 3 is 2.44 bits per heavy atom. The fraction of sp³-hybridized carbons (Fsp3) is 0.400. The van der Waals surface area contributed by atoms with Gasteiger partial charge in [0.15, 0.2) is 11.5 Å². The number of morpholine rings is 1. The lowest BCUT2D eigenvalue weighted by atomic mass is 9.97. The number of benzene rings is 2. The fourth-order valence-corrected chi connectivity index (χ4v) is 3.47. The molecule has 1 fully saturated rings. The summed E-state index contributed by atoms with van der Waals surface area (Å²) in [5, 5.41) is 9.79. The van der Waals surface area contributed by atoms with Gasteiger partial charge in [0.05, 0.1) is 33.5 Å². The summed E-state index contributed by atoms with van der Waals surface area (Å²) in [6.45, 7) is 0.695. The van der Waals surface area contributed by atoms with Gasteiger partial charge in [-0.05, 0) is 29.8 Å². The van der Waals surface area contributed by atoms with Crippen molar-refractivity contribution in [2.75, 3.05) is 34.0 Å². The van der Waals surface area contributed by atoms with E-state index in [1.165, 1.54) is 25.3 Å². The van der Waals surface area contributed by atoms with Gasteiger partial charge in [-0.2, -0.15) is 0 Å². The molecular weight excluding hydrogens is 356 g/mol. The third kappa shape index (κ3) is 4.05. The van der Waals surface area contributed by atoms with Gasteiger partial charge in [0.25, 0.3) is 0 Å². The van der Waals surface area contributed by atoms with E-state index in [1.807, 2.05) is 11.0 Å². The first-order chi connectivity index (χ1) is 13.1. The van der Waals surface area contributed by atoms with Gasteiger partial charge in [0.1, 0.15) is 17.7 Å². The van der Waals surface area contributed by atoms with Crippen LogP contribution in [0.4, 0.5) is 8.78 Å². The Labute approximate surface area is 157 Å². The number of rotatable bonds is 6. The van der Waals surface area contributed by atoms with E-state index in [-0.39, 0.29) is 24.8 Å². The molecule has 2 aromatic rings. The predicted molar refractivity (Wildman–Crippen MR) is 95.9 cm³/mol. The van der Waals surface area contributed by atoms with E-state index in [4.69, 9.17) is 14.2 Å². The maximum absolute atomic E-state index is 14.1. The highest BCUT2D eigenvalue weighted by molar-refractivity contribution is 5.44. The molecule has 1 heterocycles. The Bertz CT molecular complexity index is 766. The molecule has 2 aromatic carbocycles. The Morgan fingerprint density at radius 1 is 1.11 bits per heavy atom. The second kappa shape index (κ2) is 8.65. The van der Waals surface area contributed by atoms with E-state index in [9.17, 15) is 13.9 Å². The molecule has 1 aliphatic heterocycles. The fourth-order valence-electron chi connectivity index (χ4n) is 3.47. The minimum atomic E-state index is -0.590. The SMILES string of the molecule is COc1ccc(C2C(CO)OCCN2Cc2c(F)cccc2F)cc1OC. The molecule has 146 valence electrons. The Hall–Kier alpha value is -2.22. The van der Waals surface area contributed by atoms with Crippen LogP contribution in [0.5, 0.6) is 11.5 Å². The quantitative estimate of drug-likeness (QED) is 0.837. The Kier molecular flexibility index (Phi) is 6.26. The third-order valence-corrected chi connectivity index (χ3v) is 4.81. The molecular formula is C20H23F2NO4. The smallest absolute Gasteiger partial charge is 0.161 e. The molecule has 0 saturated carbocycles. The number of hydrogen-bond acceptors (Lipinski definition) is 5. The van der Waals surface area contributed by atoms with E-state index in [0.29, 0.717) is 24.7 Å². The predicted octanol–water partition coefficient (Wildman–Crippen LogP) is 2.92. The van der Waals surface area contributed by atoms with Gasteiger partial charge in [-0.1, -0.05) is 12.1 Å². The van der Waals surface area contributed by atoms with E-state index in [0.717, 1.165) is 5.56 Å². The highest BCUT2D eigenvalue weighted by Gasteiger charge is 2.34. The molecule has 5 nitrogen and oxygen atoms in total. The first-order valence-electron chi connectivity index (χ1n) is 8.70. The second-order valence-electron chi connectivity index (χ2n) is 6.32. The van der Waals surface area contributed by atoms with E-state index in [2.05, 4.69) is 0 Å². The zero-order valence-electron chi connectivity index (χ0n) is 15.3. The molecule has 7 heteroatoms. The van der Waals surface area contributed by atoms with Crippen molar-refractivity contribution < 1.29 is 28.1 Å². The number of halogens is 2. The highest BCUT2D eigenvalue weighted by atomic mass is 19.1. The minimum Gasteiger partial charge on any atom is -0.493 e. The molecule has 0 spiro atoms. The van der Waals surface area contributed by atoms with Crippen LogP contribution in [0.1, 0.15) is 17.2 Å². The molecule has 1 saturated heterocycles. The molecule has 1 N–H and O–H groups in total. The lowest BCUT2D eigenvalue weighted by Crippen LogP contribution is -2.46. The van der Waals surface area contributed by atoms with Crippen molar-refractivity contribution in [3.8, 4) is 11.5 Å². The number of methoxy groups -OCH3 is 2. The summed E-state index contributed by atoms with van der Waals surface area (Å²) in [5.74, 6) is -0.0688. The van der Waals surface area contributed by atoms with Crippen LogP contribution in [-0.4, -0.2) is 50.1 Å². The summed E-state index contributed by atoms with van der Waals surface area (Å²) < 4.78 is 44.6. The zero-order chi connectivity index (χ0) is 19.4. The van der Waals surface area contributed by atoms with Gasteiger partial charge in [0.2, 0.25) is 0 Å². The van der Waals surface area contributed by atoms with Gasteiger partial charge in [-0.25, -0.2) is 8.78 Å². The molecule has 0 amide bonds. The summed E-state index contributed by atoms with van der Waals surface area (Å²) in [7, 11) is 3.08. The molecule has 0 bridgehead atoms. The van der Waals surface area contributed by atoms with Crippen molar-refractivity contribution in [3.63, 3.8) is 0 Å². The van der Waals surface area contributed by atoms with Gasteiger partial charge >= 0.3 is 0 Å². The van der Waals surface area contributed by atoms with Gasteiger partial charge in [0, 0.05) is 18.7 Å². The number of hydrogen-bond donors (Lipinski definition) is 1. The lowest BCUT2D eigenvalue weighted by Gasteiger charge is -2.41. The van der Waals surface area contributed by atoms with Gasteiger partial charge in [-0.3, -0.25) is 4.90 Å². The van der Waals surface area contributed by atoms with Crippen LogP contribution in [-0.2, 0) is 11.3 Å². The third-order valence-electron chi connectivity index (χ3n) is 4.81. The minimum absolute atomic E-state index is 0.00145. The summed E-state index contributed by atoms with van der Waals surface area (Å²) in [6.07, 6.45) is -0.522. The van der Waals surface area contributed by atoms with E-state index >= 15 is 0 Å². The van der Waals surface area contributed by atoms with Crippen molar-refractivity contribution in [2.45, 2.75) is 18.7 Å². The number of aliphatic hydroxyl groups is 1. The maximum Gasteiger partial charge on any atom is 0.161 e. The number of aliphatic hydroxyl groups excluding tert-OH is 1. The highest BCUT2D eigenvalue weighted by Crippen LogP contribution is 2.36. The van der Waals surface area contributed by atoms with Crippen molar-refractivity contribution in [1.29, 1.82) is 0 Å². The van der Waals surface area contributed by atoms with E-state index < -0.39 is 17.7 Å². The number of ether oxygens (including phenoxy) is 3. The van der Waals surface area contributed by atoms with Crippen LogP contribution in [0.25, 0.3) is 0 Å². The maximum atomic E-state index is 14.1.